The van der Waals surface area contributed by atoms with Gasteiger partial charge in [0.2, 0.25) is 53.2 Å². The van der Waals surface area contributed by atoms with Crippen LogP contribution in [0.2, 0.25) is 0 Å². The van der Waals surface area contributed by atoms with Crippen LogP contribution in [-0.2, 0) is 130 Å². The van der Waals surface area contributed by atoms with Crippen LogP contribution < -0.4 is 69.0 Å². The van der Waals surface area contributed by atoms with Gasteiger partial charge in [-0.2, -0.15) is 13.2 Å². The summed E-state index contributed by atoms with van der Waals surface area (Å²) in [5.41, 5.74) is 20.7. The number of amides is 9. The first-order chi connectivity index (χ1) is 69.2. The maximum atomic E-state index is 14.2. The molecule has 5 aromatic carbocycles. The van der Waals surface area contributed by atoms with Crippen molar-refractivity contribution in [3.05, 3.63) is 221 Å². The molecule has 2 unspecified atom stereocenters. The average Bonchev–Trinajstić information content (AvgIpc) is 0.797. The van der Waals surface area contributed by atoms with Crippen LogP contribution in [0.4, 0.5) is 13.2 Å². The number of Topliss-reactive ketones (excluding diaryl/α,β-unsaturated/α-hetero) is 4. The zero-order valence-corrected chi connectivity index (χ0v) is 83.7. The van der Waals surface area contributed by atoms with Gasteiger partial charge in [-0.05, 0) is 95.5 Å². The summed E-state index contributed by atoms with van der Waals surface area (Å²) in [4.78, 5) is 266. The summed E-state index contributed by atoms with van der Waals surface area (Å²) in [5, 5.41) is 95.8. The molecule has 148 heavy (non-hydrogen) atoms. The van der Waals surface area contributed by atoms with Gasteiger partial charge in [0.25, 0.3) is 0 Å². The predicted octanol–water partition coefficient (Wildman–Crippen LogP) is 5.57. The van der Waals surface area contributed by atoms with E-state index >= 15 is 0 Å². The summed E-state index contributed by atoms with van der Waals surface area (Å²) in [6, 6.07) is 42.9. The number of nitrogens with two attached hydrogens (primary N) is 4. The van der Waals surface area contributed by atoms with Crippen molar-refractivity contribution in [2.45, 2.75) is 191 Å². The number of carboxylic acids is 8. The largest absolute Gasteiger partial charge is 0.693 e. The first-order valence-corrected chi connectivity index (χ1v) is 50.9. The number of ketones is 4. The van der Waals surface area contributed by atoms with E-state index in [1.54, 1.807) is 30.3 Å². The van der Waals surface area contributed by atoms with Crippen molar-refractivity contribution in [2.24, 2.45) is 34.2 Å². The van der Waals surface area contributed by atoms with E-state index in [0.29, 0.717) is 12.1 Å². The molecule has 2 heterocycles. The van der Waals surface area contributed by atoms with Crippen molar-refractivity contribution in [2.75, 3.05) is 26.2 Å². The summed E-state index contributed by atoms with van der Waals surface area (Å²) in [6.07, 6.45) is -6.59. The number of carbonyl (C=O) groups is 21. The van der Waals surface area contributed by atoms with Crippen molar-refractivity contribution in [3.8, 4) is 0 Å². The summed E-state index contributed by atoms with van der Waals surface area (Å²) in [7, 11) is 9.75. The van der Waals surface area contributed by atoms with Crippen molar-refractivity contribution in [1.29, 1.82) is 0 Å². The van der Waals surface area contributed by atoms with Gasteiger partial charge in [0.1, 0.15) is 48.2 Å². The Kier molecular flexibility index (Phi) is 59.9. The number of hydrogen-bond donors (Lipinski definition) is 18. The topological polar surface area (TPSA) is 767 Å². The number of aryl methyl sites for hydroxylation is 1. The van der Waals surface area contributed by atoms with E-state index in [1.165, 1.54) is 27.8 Å². The summed E-state index contributed by atoms with van der Waals surface area (Å²) < 4.78 is 33.7. The second kappa shape index (κ2) is 68.9. The van der Waals surface area contributed by atoms with Crippen LogP contribution in [0.1, 0.15) is 174 Å². The number of aromatic nitrogens is 1. The van der Waals surface area contributed by atoms with Crippen molar-refractivity contribution in [1.82, 2.24) is 47.9 Å². The molecule has 50 heteroatoms. The molecule has 24 N–H and O–H groups in total. The van der Waals surface area contributed by atoms with Crippen LogP contribution in [0.25, 0.3) is 35.6 Å². The van der Waals surface area contributed by atoms with Gasteiger partial charge >= 0.3 is 83.3 Å². The quantitative estimate of drug-likeness (QED) is 0.00729. The van der Waals surface area contributed by atoms with Gasteiger partial charge in [0, 0.05) is 83.1 Å². The second-order valence-corrected chi connectivity index (χ2v) is 36.3. The molecule has 44 nitrogen and oxygen atoms in total. The van der Waals surface area contributed by atoms with Crippen molar-refractivity contribution in [3.63, 3.8) is 0 Å². The maximum Gasteiger partial charge on any atom is -0.693 e. The molecule has 804 valence electrons. The van der Waals surface area contributed by atoms with E-state index in [-0.39, 0.29) is 88.6 Å². The maximum absolute atomic E-state index is 14.2. The second-order valence-electron chi connectivity index (χ2n) is 33.0. The Morgan fingerprint density at radius 1 is 0.466 bits per heavy atom. The van der Waals surface area contributed by atoms with Gasteiger partial charge in [0.15, 0.2) is 29.9 Å². The molecular formula is C98H118Cl2F3N15O29Pt. The Balaban J connectivity index is 0.00000105. The number of aliphatic carboxylic acids is 8. The molecular weight excluding hydrogens is 2170 g/mol. The van der Waals surface area contributed by atoms with Gasteiger partial charge in [-0.3, -0.25) is 101 Å². The standard InChI is InChI=1S/C55H75N11O24.C41H38N2O3.C2HF3O2.2ClH.2H2N.Pt/c1-27(67)16-37-53(89)66-38(17-28-8-3-2-4-9-28)54(90)63-34(52(88)62-33(11-7-15-59-55(56)57)51(87)60-26-41(71)61-37)10-5-6-14-58-48(84)30(22-44(76)77)19-39(69)35(24-46(80)81)65-50(86)31(23-45(78)79)20-40(70)36(25-47(82)83)64-49(85)29(21-43(74)75)18-32(68)12-13-42(72)73;44-38(24-25-39(45)46)42-28-10-11-29-43-30-26-33(27-31-43)19-18-32-20-22-37(23-21-32)41(36-16-8-3-9-17-36)40(34-12-4-1-5-13-34)35-14-6-2-7-15-35;3-2(4,5)1(6)7;;;;;/h2-4,8-9,29-31,33-38H,5-7,10-26H2,1H3,(H,58,84)(H,60,87)(H,61,71)(H,62,88)(H,63,90)(H,64,85)(H,65,86)(H,66,89)(H,72,73)(H,74,75)(H,76,77)(H,78,79)(H,80,81)(H,82,83)(H4,56,57,59);1-9,12-23,26-27,30-31H,10-11,24-25,28-29H2,(H-,42,44,45,46);(H,6,7);2*1H;2*1H2;/q;;;;;2*-1;+4/p-2/b;19-18+;;;;;;/t29-,30-,31-,33?,34?,35-,36-,37-,38+;;;;;;;/m0......./s1. The number of rotatable bonds is 53. The minimum absolute atomic E-state index is 0. The fraction of sp³-hybridized carbons (Fsp3) is 0.378. The van der Waals surface area contributed by atoms with Crippen LogP contribution in [0.3, 0.4) is 0 Å². The fourth-order valence-corrected chi connectivity index (χ4v) is 14.4. The first kappa shape index (κ1) is 129. The number of carboxylic acid groups (broad SMARTS) is 8. The third kappa shape index (κ3) is 51.9. The Morgan fingerprint density at radius 3 is 1.29 bits per heavy atom. The molecule has 0 aliphatic carbocycles. The molecule has 0 saturated carbocycles. The Bertz CT molecular complexity index is 5540. The third-order valence-electron chi connectivity index (χ3n) is 21.4. The molecule has 1 aliphatic rings. The smallest absolute Gasteiger partial charge is 0.693 e. The first-order valence-electron chi connectivity index (χ1n) is 45.3. The van der Waals surface area contributed by atoms with Crippen LogP contribution in [0, 0.1) is 17.8 Å². The van der Waals surface area contributed by atoms with Gasteiger partial charge in [-0.1, -0.05) is 158 Å². The van der Waals surface area contributed by atoms with Gasteiger partial charge in [-0.15, -0.1) is 0 Å². The molecule has 1 saturated heterocycles. The van der Waals surface area contributed by atoms with E-state index in [9.17, 15) is 135 Å². The number of aliphatic imine (C=N–C) groups is 1. The molecule has 1 fully saturated rings. The number of carbonyl (C=O) groups excluding carboxylic acids is 14. The van der Waals surface area contributed by atoms with Crippen LogP contribution in [-0.4, -0.2) is 234 Å². The Morgan fingerprint density at radius 2 is 0.851 bits per heavy atom. The van der Waals surface area contributed by atoms with E-state index in [4.69, 9.17) is 50.4 Å². The number of alkyl halides is 3. The molecule has 1 aliphatic heterocycles. The summed E-state index contributed by atoms with van der Waals surface area (Å²) in [5.74, 6) is -32.7. The van der Waals surface area contributed by atoms with Crippen LogP contribution >= 0.6 is 18.8 Å². The summed E-state index contributed by atoms with van der Waals surface area (Å²) in [6.45, 7) is 1.52. The predicted molar refractivity (Wildman–Crippen MR) is 523 cm³/mol. The molecule has 1 aromatic heterocycles. The number of unbranched alkanes of at least 4 members (excludes halogenated alkanes) is 2. The number of benzene rings is 5. The summed E-state index contributed by atoms with van der Waals surface area (Å²) >= 11 is -0.472. The Hall–Kier alpha value is -15.4. The zero-order chi connectivity index (χ0) is 109. The van der Waals surface area contributed by atoms with Gasteiger partial charge < -0.3 is 117 Å². The van der Waals surface area contributed by atoms with Crippen molar-refractivity contribution >= 4 is 172 Å². The number of guanidine groups is 1. The normalized spacial score (nSPS) is 14.9. The average molecular weight is 2290 g/mol. The molecule has 9 atom stereocenters. The van der Waals surface area contributed by atoms with E-state index < -0.39 is 272 Å². The number of hydrogen-bond acceptors (Lipinski definition) is 23. The Labute approximate surface area is 863 Å². The molecule has 0 bridgehead atoms. The minimum Gasteiger partial charge on any atom is -0.693 e. The van der Waals surface area contributed by atoms with E-state index in [1.807, 2.05) is 10.6 Å². The minimum atomic E-state index is -5.19. The number of pyridine rings is 1. The number of nitrogens with zero attached hydrogens (tertiary/aromatic N) is 2. The van der Waals surface area contributed by atoms with Gasteiger partial charge in [-0.25, -0.2) is 4.57 Å². The molecule has 6 aromatic rings. The SMILES string of the molecule is CC(=O)C[C@@H]1NC(=O)CNC(=O)C(CCCN=C(N)N)NC(=O)C(CCCCNC(=O)[C@H](CC(=O)O)CC(=O)[C@H](CC(=O)O)NC(=O)[C@H](CC(=O)O)CC(=O)[C@H](CC(=O)O)NC(=O)[C@H](CC(=O)O)CC(=O)CCC(=O)O)NC(=O)[C@@H](Cc2ccccc2)NC1=O.O=C(O)CCC(=O)NCCCC[n+]1ccc(/C=C/c2ccc(C(=C(c3ccccc3)c3ccccc3)c3ccccc3)cc2)cc1.O=C([O-])C(F)(F)F.[Cl][Pt+2][Cl].[NH2-].[NH2-]. The molecule has 0 radical (unpaired) electrons. The molecule has 7 rings (SSSR count). The van der Waals surface area contributed by atoms with Crippen molar-refractivity contribution < 1.29 is 176 Å². The molecule has 0 spiro atoms. The third-order valence-corrected chi connectivity index (χ3v) is 21.4. The van der Waals surface area contributed by atoms with Gasteiger partial charge in [0.05, 0.1) is 81.3 Å². The van der Waals surface area contributed by atoms with Crippen LogP contribution in [0.5, 0.6) is 0 Å². The number of halogens is 5. The van der Waals surface area contributed by atoms with E-state index in [2.05, 4.69) is 199 Å². The van der Waals surface area contributed by atoms with E-state index in [0.717, 1.165) is 43.0 Å². The monoisotopic (exact) mass is 2290 g/mol. The fourth-order valence-electron chi connectivity index (χ4n) is 14.4. The zero-order valence-electron chi connectivity index (χ0n) is 79.9. The van der Waals surface area contributed by atoms with Crippen LogP contribution in [0.15, 0.2) is 175 Å². The molecule has 9 amide bonds. The number of nitrogens with one attached hydrogen (secondary N) is 9.